The van der Waals surface area contributed by atoms with E-state index in [1.165, 1.54) is 16.8 Å². The molecule has 1 fully saturated rings. The van der Waals surface area contributed by atoms with E-state index in [0.29, 0.717) is 0 Å². The zero-order valence-corrected chi connectivity index (χ0v) is 21.8. The van der Waals surface area contributed by atoms with Crippen molar-refractivity contribution in [1.29, 1.82) is 0 Å². The summed E-state index contributed by atoms with van der Waals surface area (Å²) in [5.74, 6) is 0.942. The average molecular weight is 497 g/mol. The number of hydrogen-bond donors (Lipinski definition) is 2. The number of thiocarbonyl (C=S) groups is 1. The molecule has 5 rings (SSSR count). The van der Waals surface area contributed by atoms with Crippen molar-refractivity contribution in [2.24, 2.45) is 0 Å². The summed E-state index contributed by atoms with van der Waals surface area (Å²) in [4.78, 5) is 11.7. The van der Waals surface area contributed by atoms with Crippen LogP contribution in [0.2, 0.25) is 0 Å². The predicted molar refractivity (Wildman–Crippen MR) is 149 cm³/mol. The van der Waals surface area contributed by atoms with Gasteiger partial charge in [-0.2, -0.15) is 0 Å². The minimum absolute atomic E-state index is 0.0276. The number of para-hydroxylation sites is 1. The number of aromatic nitrogens is 3. The molecular formula is C29H32N6S. The molecule has 1 aliphatic heterocycles. The van der Waals surface area contributed by atoms with Crippen LogP contribution in [0.25, 0.3) is 5.82 Å². The second-order valence-corrected chi connectivity index (χ2v) is 9.71. The molecular weight excluding hydrogens is 464 g/mol. The summed E-state index contributed by atoms with van der Waals surface area (Å²) < 4.78 is 2.24. The molecule has 4 heterocycles. The van der Waals surface area contributed by atoms with Crippen molar-refractivity contribution < 1.29 is 0 Å². The van der Waals surface area contributed by atoms with E-state index < -0.39 is 0 Å². The molecule has 36 heavy (non-hydrogen) atoms. The Bertz CT molecular complexity index is 1330. The van der Waals surface area contributed by atoms with Crippen molar-refractivity contribution in [3.8, 4) is 5.82 Å². The maximum Gasteiger partial charge on any atom is 0.170 e. The topological polar surface area (TPSA) is 58.0 Å². The Morgan fingerprint density at radius 1 is 0.944 bits per heavy atom. The quantitative estimate of drug-likeness (QED) is 0.242. The van der Waals surface area contributed by atoms with Crippen LogP contribution in [0.5, 0.6) is 0 Å². The van der Waals surface area contributed by atoms with Gasteiger partial charge >= 0.3 is 0 Å². The zero-order chi connectivity index (χ0) is 25.1. The molecule has 7 heteroatoms. The first-order valence-electron chi connectivity index (χ1n) is 12.4. The molecule has 0 amide bonds. The Labute approximate surface area is 218 Å². The Kier molecular flexibility index (Phi) is 7.00. The first-order valence-corrected chi connectivity index (χ1v) is 12.8. The van der Waals surface area contributed by atoms with Crippen LogP contribution in [-0.2, 0) is 0 Å². The number of rotatable bonds is 8. The largest absolute Gasteiger partial charge is 0.385 e. The molecule has 0 radical (unpaired) electrons. The molecule has 0 saturated carbocycles. The van der Waals surface area contributed by atoms with Gasteiger partial charge in [-0.05, 0) is 93.0 Å². The van der Waals surface area contributed by atoms with Crippen LogP contribution in [0.4, 0.5) is 5.69 Å². The van der Waals surface area contributed by atoms with E-state index in [9.17, 15) is 0 Å². The first-order chi connectivity index (χ1) is 17.5. The molecule has 1 aromatic carbocycles. The lowest BCUT2D eigenvalue weighted by atomic mass is 9.96. The fourth-order valence-corrected chi connectivity index (χ4v) is 5.44. The Hall–Kier alpha value is -3.71. The highest BCUT2D eigenvalue weighted by molar-refractivity contribution is 7.80. The van der Waals surface area contributed by atoms with Crippen molar-refractivity contribution in [2.45, 2.75) is 39.3 Å². The van der Waals surface area contributed by atoms with Crippen molar-refractivity contribution in [1.82, 2.24) is 24.8 Å². The second-order valence-electron chi connectivity index (χ2n) is 9.32. The summed E-state index contributed by atoms with van der Waals surface area (Å²) in [6.45, 7) is 8.13. The molecule has 1 saturated heterocycles. The minimum atomic E-state index is -0.0276. The number of anilines is 1. The second kappa shape index (κ2) is 10.5. The van der Waals surface area contributed by atoms with Crippen molar-refractivity contribution in [3.63, 3.8) is 0 Å². The predicted octanol–water partition coefficient (Wildman–Crippen LogP) is 5.67. The lowest BCUT2D eigenvalue weighted by Gasteiger charge is -2.28. The summed E-state index contributed by atoms with van der Waals surface area (Å²) in [7, 11) is 0. The third-order valence-corrected chi connectivity index (χ3v) is 7.15. The van der Waals surface area contributed by atoms with Crippen LogP contribution in [0.3, 0.4) is 0 Å². The Balaban J connectivity index is 1.46. The van der Waals surface area contributed by atoms with Gasteiger partial charge in [-0.3, -0.25) is 4.98 Å². The maximum absolute atomic E-state index is 5.88. The molecule has 0 aliphatic carbocycles. The molecule has 184 valence electrons. The number of nitrogens with one attached hydrogen (secondary N) is 2. The van der Waals surface area contributed by atoms with E-state index in [1.807, 2.05) is 48.8 Å². The van der Waals surface area contributed by atoms with Crippen LogP contribution in [-0.4, -0.2) is 37.6 Å². The SMILES string of the molecule is Cc1ccnc(-n2c(C)cc([C@@H]3[C@@H](c4ccccn4)NC(=S)N3CCCNc3ccccc3)c2C)c1. The molecule has 6 nitrogen and oxygen atoms in total. The van der Waals surface area contributed by atoms with E-state index in [4.69, 9.17) is 12.2 Å². The van der Waals surface area contributed by atoms with Crippen molar-refractivity contribution in [3.05, 3.63) is 107 Å². The van der Waals surface area contributed by atoms with Gasteiger partial charge in [-0.15, -0.1) is 0 Å². The van der Waals surface area contributed by atoms with Gasteiger partial charge in [0.1, 0.15) is 5.82 Å². The highest BCUT2D eigenvalue weighted by Crippen LogP contribution is 2.41. The molecule has 1 aliphatic rings. The number of aryl methyl sites for hydroxylation is 2. The van der Waals surface area contributed by atoms with E-state index in [-0.39, 0.29) is 12.1 Å². The summed E-state index contributed by atoms with van der Waals surface area (Å²) in [5.41, 5.74) is 6.90. The highest BCUT2D eigenvalue weighted by Gasteiger charge is 2.41. The van der Waals surface area contributed by atoms with E-state index >= 15 is 0 Å². The van der Waals surface area contributed by atoms with Gasteiger partial charge in [0, 0.05) is 42.6 Å². The summed E-state index contributed by atoms with van der Waals surface area (Å²) in [5, 5.41) is 7.87. The molecule has 4 aromatic rings. The van der Waals surface area contributed by atoms with Crippen molar-refractivity contribution in [2.75, 3.05) is 18.4 Å². The summed E-state index contributed by atoms with van der Waals surface area (Å²) in [6.07, 6.45) is 4.68. The van der Waals surface area contributed by atoms with Gasteiger partial charge in [0.15, 0.2) is 5.11 Å². The van der Waals surface area contributed by atoms with Gasteiger partial charge in [0.2, 0.25) is 0 Å². The number of nitrogens with zero attached hydrogens (tertiary/aromatic N) is 4. The highest BCUT2D eigenvalue weighted by atomic mass is 32.1. The van der Waals surface area contributed by atoms with Gasteiger partial charge in [-0.1, -0.05) is 24.3 Å². The van der Waals surface area contributed by atoms with Crippen molar-refractivity contribution >= 4 is 23.0 Å². The summed E-state index contributed by atoms with van der Waals surface area (Å²) in [6, 6.07) is 22.8. The van der Waals surface area contributed by atoms with Crippen LogP contribution in [0, 0.1) is 20.8 Å². The molecule has 2 atom stereocenters. The smallest absolute Gasteiger partial charge is 0.170 e. The molecule has 0 unspecified atom stereocenters. The fraction of sp³-hybridized carbons (Fsp3) is 0.276. The molecule has 3 aromatic heterocycles. The number of benzene rings is 1. The fourth-order valence-electron chi connectivity index (χ4n) is 5.11. The lowest BCUT2D eigenvalue weighted by molar-refractivity contribution is 0.315. The standard InChI is InChI=1S/C29H32N6S/c1-20-13-16-32-26(18-20)35-21(2)19-24(22(35)3)28-27(25-12-7-8-14-31-25)33-29(36)34(28)17-9-15-30-23-10-5-4-6-11-23/h4-8,10-14,16,18-19,27-28,30H,9,15,17H2,1-3H3,(H,33,36)/t27-,28-/m1/s1. The summed E-state index contributed by atoms with van der Waals surface area (Å²) >= 11 is 5.88. The van der Waals surface area contributed by atoms with Gasteiger partial charge < -0.3 is 20.1 Å². The van der Waals surface area contributed by atoms with Crippen LogP contribution in [0.1, 0.15) is 46.7 Å². The van der Waals surface area contributed by atoms with E-state index in [0.717, 1.165) is 47.5 Å². The average Bonchev–Trinajstić information content (AvgIpc) is 3.37. The zero-order valence-electron chi connectivity index (χ0n) is 21.0. The Morgan fingerprint density at radius 3 is 2.50 bits per heavy atom. The lowest BCUT2D eigenvalue weighted by Crippen LogP contribution is -2.31. The molecule has 2 N–H and O–H groups in total. The van der Waals surface area contributed by atoms with Gasteiger partial charge in [0.05, 0.1) is 17.8 Å². The number of hydrogen-bond acceptors (Lipinski definition) is 4. The molecule has 0 bridgehead atoms. The number of pyridine rings is 2. The monoisotopic (exact) mass is 496 g/mol. The van der Waals surface area contributed by atoms with Crippen LogP contribution in [0.15, 0.2) is 79.1 Å². The maximum atomic E-state index is 5.88. The third-order valence-electron chi connectivity index (χ3n) is 6.80. The van der Waals surface area contributed by atoms with Gasteiger partial charge in [0.25, 0.3) is 0 Å². The van der Waals surface area contributed by atoms with Crippen LogP contribution < -0.4 is 10.6 Å². The van der Waals surface area contributed by atoms with E-state index in [1.54, 1.807) is 0 Å². The normalized spacial score (nSPS) is 17.3. The minimum Gasteiger partial charge on any atom is -0.385 e. The van der Waals surface area contributed by atoms with Crippen LogP contribution >= 0.6 is 12.2 Å². The third kappa shape index (κ3) is 4.84. The van der Waals surface area contributed by atoms with E-state index in [2.05, 4.69) is 81.2 Å². The van der Waals surface area contributed by atoms with Gasteiger partial charge in [-0.25, -0.2) is 4.98 Å². The molecule has 0 spiro atoms. The first kappa shape index (κ1) is 24.0. The Morgan fingerprint density at radius 2 is 1.75 bits per heavy atom.